The molecule has 0 aliphatic rings. The van der Waals surface area contributed by atoms with Gasteiger partial charge in [-0.05, 0) is 0 Å². The van der Waals surface area contributed by atoms with Crippen LogP contribution in [0.1, 0.15) is 39.4 Å². The summed E-state index contributed by atoms with van der Waals surface area (Å²) in [6, 6.07) is 0. The fourth-order valence-corrected chi connectivity index (χ4v) is 0.593. The summed E-state index contributed by atoms with van der Waals surface area (Å²) in [5.41, 5.74) is 0. The van der Waals surface area contributed by atoms with Gasteiger partial charge in [0.2, 0.25) is 0 Å². The molecule has 0 saturated carbocycles. The van der Waals surface area contributed by atoms with Gasteiger partial charge < -0.3 is 4.98 Å². The molecular weight excluding hydrogens is 124 g/mol. The minimum absolute atomic E-state index is 0.519. The fraction of sp³-hybridized carbons (Fsp3) is 0.625. The lowest BCUT2D eigenvalue weighted by molar-refractivity contribution is 0.794. The molecule has 0 saturated heterocycles. The molecule has 0 atom stereocenters. The second-order valence-electron chi connectivity index (χ2n) is 2.13. The van der Waals surface area contributed by atoms with Crippen molar-refractivity contribution in [1.29, 1.82) is 0 Å². The summed E-state index contributed by atoms with van der Waals surface area (Å²) < 4.78 is 0. The van der Waals surface area contributed by atoms with Crippen LogP contribution in [0.25, 0.3) is 0 Å². The van der Waals surface area contributed by atoms with Crippen LogP contribution in [0.2, 0.25) is 0 Å². The molecule has 2 heteroatoms. The Morgan fingerprint density at radius 3 is 2.20 bits per heavy atom. The van der Waals surface area contributed by atoms with Gasteiger partial charge >= 0.3 is 0 Å². The van der Waals surface area contributed by atoms with Gasteiger partial charge in [-0.15, -0.1) is 0 Å². The van der Waals surface area contributed by atoms with Gasteiger partial charge in [0, 0.05) is 18.3 Å². The summed E-state index contributed by atoms with van der Waals surface area (Å²) in [6.45, 7) is 8.22. The molecule has 0 spiro atoms. The van der Waals surface area contributed by atoms with E-state index in [9.17, 15) is 0 Å². The lowest BCUT2D eigenvalue weighted by Gasteiger charge is -1.95. The van der Waals surface area contributed by atoms with Crippen LogP contribution >= 0.6 is 0 Å². The number of hydrogen-bond donors (Lipinski definition) is 1. The summed E-state index contributed by atoms with van der Waals surface area (Å²) in [5.74, 6) is 1.58. The Morgan fingerprint density at radius 2 is 2.00 bits per heavy atom. The van der Waals surface area contributed by atoms with E-state index in [4.69, 9.17) is 0 Å². The lowest BCUT2D eigenvalue weighted by atomic mass is 10.2. The highest BCUT2D eigenvalue weighted by Crippen LogP contribution is 2.05. The number of aromatic amines is 1. The minimum Gasteiger partial charge on any atom is -0.348 e. The van der Waals surface area contributed by atoms with Crippen LogP contribution in [-0.2, 0) is 0 Å². The Kier molecular flexibility index (Phi) is 4.63. The highest BCUT2D eigenvalue weighted by Gasteiger charge is 1.96. The summed E-state index contributed by atoms with van der Waals surface area (Å²) in [6.07, 6.45) is 3.62. The molecule has 1 rings (SSSR count). The molecule has 0 bridgehead atoms. The van der Waals surface area contributed by atoms with Crippen molar-refractivity contribution in [3.05, 3.63) is 18.2 Å². The van der Waals surface area contributed by atoms with E-state index >= 15 is 0 Å². The van der Waals surface area contributed by atoms with Crippen LogP contribution in [-0.4, -0.2) is 9.97 Å². The zero-order valence-corrected chi connectivity index (χ0v) is 7.18. The maximum atomic E-state index is 4.06. The zero-order chi connectivity index (χ0) is 7.98. The molecule has 10 heavy (non-hydrogen) atoms. The van der Waals surface area contributed by atoms with Crippen LogP contribution in [0.15, 0.2) is 12.4 Å². The van der Waals surface area contributed by atoms with Gasteiger partial charge in [-0.25, -0.2) is 4.98 Å². The van der Waals surface area contributed by atoms with E-state index in [1.54, 1.807) is 6.20 Å². The number of imidazole rings is 1. The monoisotopic (exact) mass is 140 g/mol. The third-order valence-electron chi connectivity index (χ3n) is 1.07. The highest BCUT2D eigenvalue weighted by molar-refractivity contribution is 4.91. The molecule has 1 aromatic heterocycles. The summed E-state index contributed by atoms with van der Waals surface area (Å²) in [4.78, 5) is 7.09. The van der Waals surface area contributed by atoms with Crippen molar-refractivity contribution in [3.63, 3.8) is 0 Å². The quantitative estimate of drug-likeness (QED) is 0.638. The van der Waals surface area contributed by atoms with Gasteiger partial charge in [0.25, 0.3) is 0 Å². The topological polar surface area (TPSA) is 28.7 Å². The number of rotatable bonds is 1. The first-order valence-corrected chi connectivity index (χ1v) is 3.80. The molecule has 0 radical (unpaired) electrons. The van der Waals surface area contributed by atoms with E-state index in [1.807, 2.05) is 20.0 Å². The predicted octanol–water partition coefficient (Wildman–Crippen LogP) is 2.56. The molecule has 0 aromatic carbocycles. The van der Waals surface area contributed by atoms with Gasteiger partial charge in [-0.1, -0.05) is 27.7 Å². The third-order valence-corrected chi connectivity index (χ3v) is 1.07. The standard InChI is InChI=1S/C6H10N2.C2H6/c1-5(2)6-7-3-4-8-6;1-2/h3-5H,1-2H3,(H,7,8);1-2H3. The Hall–Kier alpha value is -0.790. The van der Waals surface area contributed by atoms with E-state index in [0.717, 1.165) is 5.82 Å². The fourth-order valence-electron chi connectivity index (χ4n) is 0.593. The molecule has 0 amide bonds. The summed E-state index contributed by atoms with van der Waals surface area (Å²) in [7, 11) is 0. The van der Waals surface area contributed by atoms with Gasteiger partial charge in [0.1, 0.15) is 5.82 Å². The van der Waals surface area contributed by atoms with E-state index in [1.165, 1.54) is 0 Å². The van der Waals surface area contributed by atoms with Crippen LogP contribution in [0.4, 0.5) is 0 Å². The molecule has 1 N–H and O–H groups in total. The Bertz CT molecular complexity index is 142. The first kappa shape index (κ1) is 9.21. The first-order chi connectivity index (χ1) is 4.80. The van der Waals surface area contributed by atoms with Crippen molar-refractivity contribution < 1.29 is 0 Å². The Labute approximate surface area is 62.7 Å². The maximum Gasteiger partial charge on any atom is 0.108 e. The second-order valence-corrected chi connectivity index (χ2v) is 2.13. The third kappa shape index (κ3) is 2.67. The van der Waals surface area contributed by atoms with Crippen molar-refractivity contribution in [2.24, 2.45) is 0 Å². The van der Waals surface area contributed by atoms with Gasteiger partial charge in [-0.2, -0.15) is 0 Å². The largest absolute Gasteiger partial charge is 0.348 e. The van der Waals surface area contributed by atoms with Gasteiger partial charge in [0.05, 0.1) is 0 Å². The van der Waals surface area contributed by atoms with Crippen LogP contribution in [0.3, 0.4) is 0 Å². The van der Waals surface area contributed by atoms with Crippen LogP contribution in [0, 0.1) is 0 Å². The SMILES string of the molecule is CC.CC(C)c1ncc[nH]1. The van der Waals surface area contributed by atoms with E-state index < -0.39 is 0 Å². The number of nitrogens with one attached hydrogen (secondary N) is 1. The molecular formula is C8H16N2. The average molecular weight is 140 g/mol. The molecule has 1 heterocycles. The number of nitrogens with zero attached hydrogens (tertiary/aromatic N) is 1. The maximum absolute atomic E-state index is 4.06. The van der Waals surface area contributed by atoms with Crippen molar-refractivity contribution >= 4 is 0 Å². The molecule has 1 aromatic rings. The summed E-state index contributed by atoms with van der Waals surface area (Å²) >= 11 is 0. The zero-order valence-electron chi connectivity index (χ0n) is 7.18. The molecule has 0 aliphatic heterocycles. The minimum atomic E-state index is 0.519. The average Bonchev–Trinajstić information content (AvgIpc) is 2.42. The highest BCUT2D eigenvalue weighted by atomic mass is 14.9. The van der Waals surface area contributed by atoms with E-state index in [-0.39, 0.29) is 0 Å². The van der Waals surface area contributed by atoms with Crippen molar-refractivity contribution in [1.82, 2.24) is 9.97 Å². The van der Waals surface area contributed by atoms with Crippen molar-refractivity contribution in [2.45, 2.75) is 33.6 Å². The molecule has 58 valence electrons. The van der Waals surface area contributed by atoms with Gasteiger partial charge in [-0.3, -0.25) is 0 Å². The second kappa shape index (κ2) is 5.03. The molecule has 2 nitrogen and oxygen atoms in total. The number of aromatic nitrogens is 2. The smallest absolute Gasteiger partial charge is 0.108 e. The van der Waals surface area contributed by atoms with E-state index in [2.05, 4.69) is 23.8 Å². The lowest BCUT2D eigenvalue weighted by Crippen LogP contribution is -1.87. The number of hydrogen-bond acceptors (Lipinski definition) is 1. The van der Waals surface area contributed by atoms with Crippen LogP contribution < -0.4 is 0 Å². The summed E-state index contributed by atoms with van der Waals surface area (Å²) in [5, 5.41) is 0. The first-order valence-electron chi connectivity index (χ1n) is 3.80. The normalized spacial score (nSPS) is 8.90. The van der Waals surface area contributed by atoms with Crippen molar-refractivity contribution in [3.8, 4) is 0 Å². The molecule has 0 fully saturated rings. The molecule has 0 aliphatic carbocycles. The van der Waals surface area contributed by atoms with Crippen LogP contribution in [0.5, 0.6) is 0 Å². The van der Waals surface area contributed by atoms with E-state index in [0.29, 0.717) is 5.92 Å². The van der Waals surface area contributed by atoms with Crippen molar-refractivity contribution in [2.75, 3.05) is 0 Å². The van der Waals surface area contributed by atoms with Gasteiger partial charge in [0.15, 0.2) is 0 Å². The molecule has 0 unspecified atom stereocenters. The Morgan fingerprint density at radius 1 is 1.40 bits per heavy atom. The predicted molar refractivity (Wildman–Crippen MR) is 44.0 cm³/mol. The Balaban J connectivity index is 0.000000371. The number of H-pyrrole nitrogens is 1.